The van der Waals surface area contributed by atoms with E-state index >= 15 is 0 Å². The fraction of sp³-hybridized carbons (Fsp3) is 0.833. The van der Waals surface area contributed by atoms with Crippen LogP contribution in [0.5, 0.6) is 0 Å². The summed E-state index contributed by atoms with van der Waals surface area (Å²) in [5, 5.41) is 2.75. The summed E-state index contributed by atoms with van der Waals surface area (Å²) in [7, 11) is 0. The Hall–Kier alpha value is -0.640. The van der Waals surface area contributed by atoms with E-state index in [0.29, 0.717) is 0 Å². The average molecular weight is 146 g/mol. The van der Waals surface area contributed by atoms with Crippen LogP contribution in [0, 0.1) is 0 Å². The highest BCUT2D eigenvalue weighted by Crippen LogP contribution is 2.15. The molecular formula is C6H11FN2O. The summed E-state index contributed by atoms with van der Waals surface area (Å²) in [6, 6.07) is -0.706. The molecule has 0 aromatic rings. The van der Waals surface area contributed by atoms with Gasteiger partial charge in [0.15, 0.2) is 0 Å². The number of carbonyl (C=O) groups excluding carboxylic acids is 1. The largest absolute Gasteiger partial charge is 0.368 e. The number of primary amides is 1. The Morgan fingerprint density at radius 1 is 1.80 bits per heavy atom. The number of nitrogens with one attached hydrogen (secondary N) is 1. The van der Waals surface area contributed by atoms with Gasteiger partial charge in [0.05, 0.1) is 6.04 Å². The SMILES string of the molecule is CC1NC(C(N)=O)CC1F. The zero-order valence-corrected chi connectivity index (χ0v) is 5.80. The summed E-state index contributed by atoms with van der Waals surface area (Å²) in [6.07, 6.45) is -0.714. The molecular weight excluding hydrogens is 135 g/mol. The van der Waals surface area contributed by atoms with Crippen molar-refractivity contribution in [3.8, 4) is 0 Å². The Kier molecular flexibility index (Phi) is 1.89. The van der Waals surface area contributed by atoms with Gasteiger partial charge in [-0.3, -0.25) is 4.79 Å². The highest BCUT2D eigenvalue weighted by atomic mass is 19.1. The summed E-state index contributed by atoms with van der Waals surface area (Å²) in [5.74, 6) is -0.466. The minimum absolute atomic E-state index is 0.219. The number of nitrogens with two attached hydrogens (primary N) is 1. The lowest BCUT2D eigenvalue weighted by molar-refractivity contribution is -0.119. The highest BCUT2D eigenvalue weighted by molar-refractivity contribution is 5.80. The Bertz CT molecular complexity index is 141. The third kappa shape index (κ3) is 1.26. The topological polar surface area (TPSA) is 55.1 Å². The van der Waals surface area contributed by atoms with E-state index in [1.807, 2.05) is 0 Å². The summed E-state index contributed by atoms with van der Waals surface area (Å²) >= 11 is 0. The zero-order chi connectivity index (χ0) is 7.72. The predicted octanol–water partition coefficient (Wildman–Crippen LogP) is -0.440. The molecule has 0 aromatic carbocycles. The minimum Gasteiger partial charge on any atom is -0.368 e. The third-order valence-electron chi connectivity index (χ3n) is 1.81. The van der Waals surface area contributed by atoms with Crippen molar-refractivity contribution in [2.75, 3.05) is 0 Å². The van der Waals surface area contributed by atoms with Crippen LogP contribution in [0.1, 0.15) is 13.3 Å². The van der Waals surface area contributed by atoms with Crippen LogP contribution in [-0.2, 0) is 4.79 Å². The van der Waals surface area contributed by atoms with E-state index in [2.05, 4.69) is 5.32 Å². The van der Waals surface area contributed by atoms with Gasteiger partial charge in [0.2, 0.25) is 5.91 Å². The number of hydrogen-bond acceptors (Lipinski definition) is 2. The quantitative estimate of drug-likeness (QED) is 0.527. The molecule has 1 heterocycles. The van der Waals surface area contributed by atoms with Gasteiger partial charge >= 0.3 is 0 Å². The molecule has 0 saturated carbocycles. The number of rotatable bonds is 1. The predicted molar refractivity (Wildman–Crippen MR) is 35.1 cm³/mol. The van der Waals surface area contributed by atoms with Crippen LogP contribution in [-0.4, -0.2) is 24.2 Å². The molecule has 0 radical (unpaired) electrons. The van der Waals surface area contributed by atoms with Crippen molar-refractivity contribution in [2.45, 2.75) is 31.6 Å². The number of amides is 1. The van der Waals surface area contributed by atoms with Gasteiger partial charge in [-0.2, -0.15) is 0 Å². The Labute approximate surface area is 58.8 Å². The molecule has 3 atom stereocenters. The fourth-order valence-electron chi connectivity index (χ4n) is 1.12. The van der Waals surface area contributed by atoms with Crippen LogP contribution in [0.4, 0.5) is 4.39 Å². The van der Waals surface area contributed by atoms with E-state index in [1.165, 1.54) is 0 Å². The van der Waals surface area contributed by atoms with Crippen LogP contribution >= 0.6 is 0 Å². The minimum atomic E-state index is -0.933. The van der Waals surface area contributed by atoms with Gasteiger partial charge in [0, 0.05) is 12.5 Å². The van der Waals surface area contributed by atoms with Crippen molar-refractivity contribution in [1.29, 1.82) is 0 Å². The summed E-state index contributed by atoms with van der Waals surface area (Å²) in [4.78, 5) is 10.5. The first-order valence-corrected chi connectivity index (χ1v) is 3.30. The monoisotopic (exact) mass is 146 g/mol. The van der Waals surface area contributed by atoms with Crippen LogP contribution in [0.2, 0.25) is 0 Å². The van der Waals surface area contributed by atoms with Crippen LogP contribution in [0.3, 0.4) is 0 Å². The summed E-state index contributed by atoms with van der Waals surface area (Å²) in [6.45, 7) is 1.70. The van der Waals surface area contributed by atoms with Gasteiger partial charge in [-0.25, -0.2) is 4.39 Å². The van der Waals surface area contributed by atoms with Gasteiger partial charge in [0.25, 0.3) is 0 Å². The van der Waals surface area contributed by atoms with E-state index in [0.717, 1.165) is 0 Å². The van der Waals surface area contributed by atoms with E-state index < -0.39 is 18.1 Å². The smallest absolute Gasteiger partial charge is 0.234 e. The maximum absolute atomic E-state index is 12.7. The van der Waals surface area contributed by atoms with E-state index in [4.69, 9.17) is 5.73 Å². The normalized spacial score (nSPS) is 40.0. The molecule has 4 heteroatoms. The van der Waals surface area contributed by atoms with Gasteiger partial charge < -0.3 is 11.1 Å². The molecule has 1 saturated heterocycles. The molecule has 58 valence electrons. The Morgan fingerprint density at radius 2 is 2.40 bits per heavy atom. The molecule has 1 aliphatic rings. The molecule has 0 bridgehead atoms. The Morgan fingerprint density at radius 3 is 2.60 bits per heavy atom. The number of hydrogen-bond donors (Lipinski definition) is 2. The summed E-state index contributed by atoms with van der Waals surface area (Å²) < 4.78 is 12.7. The van der Waals surface area contributed by atoms with Gasteiger partial charge in [-0.05, 0) is 6.92 Å². The molecule has 3 unspecified atom stereocenters. The number of alkyl halides is 1. The van der Waals surface area contributed by atoms with Gasteiger partial charge in [-0.1, -0.05) is 0 Å². The lowest BCUT2D eigenvalue weighted by Gasteiger charge is -2.05. The fourth-order valence-corrected chi connectivity index (χ4v) is 1.12. The lowest BCUT2D eigenvalue weighted by atomic mass is 10.2. The first-order valence-electron chi connectivity index (χ1n) is 3.30. The van der Waals surface area contributed by atoms with E-state index in [-0.39, 0.29) is 12.5 Å². The van der Waals surface area contributed by atoms with Crippen molar-refractivity contribution in [2.24, 2.45) is 5.73 Å². The van der Waals surface area contributed by atoms with Crippen molar-refractivity contribution < 1.29 is 9.18 Å². The lowest BCUT2D eigenvalue weighted by Crippen LogP contribution is -2.38. The van der Waals surface area contributed by atoms with Gasteiger partial charge in [0.1, 0.15) is 6.17 Å². The molecule has 0 aromatic heterocycles. The van der Waals surface area contributed by atoms with E-state index in [1.54, 1.807) is 6.92 Å². The first-order chi connectivity index (χ1) is 4.61. The van der Waals surface area contributed by atoms with Crippen molar-refractivity contribution >= 4 is 5.91 Å². The second-order valence-corrected chi connectivity index (χ2v) is 2.66. The standard InChI is InChI=1S/C6H11FN2O/c1-3-4(7)2-5(9-3)6(8)10/h3-5,9H,2H2,1H3,(H2,8,10). The van der Waals surface area contributed by atoms with E-state index in [9.17, 15) is 9.18 Å². The maximum Gasteiger partial charge on any atom is 0.234 e. The van der Waals surface area contributed by atoms with Crippen LogP contribution in [0.15, 0.2) is 0 Å². The molecule has 1 amide bonds. The molecule has 1 aliphatic heterocycles. The molecule has 10 heavy (non-hydrogen) atoms. The highest BCUT2D eigenvalue weighted by Gasteiger charge is 2.33. The average Bonchev–Trinajstić information content (AvgIpc) is 2.13. The molecule has 0 aliphatic carbocycles. The van der Waals surface area contributed by atoms with Gasteiger partial charge in [-0.15, -0.1) is 0 Å². The zero-order valence-electron chi connectivity index (χ0n) is 5.80. The molecule has 0 spiro atoms. The van der Waals surface area contributed by atoms with Crippen LogP contribution < -0.4 is 11.1 Å². The first kappa shape index (κ1) is 7.47. The maximum atomic E-state index is 12.7. The summed E-state index contributed by atoms with van der Waals surface area (Å²) in [5.41, 5.74) is 4.95. The second-order valence-electron chi connectivity index (χ2n) is 2.66. The van der Waals surface area contributed by atoms with Crippen molar-refractivity contribution in [3.63, 3.8) is 0 Å². The molecule has 1 rings (SSSR count). The second kappa shape index (κ2) is 2.54. The van der Waals surface area contributed by atoms with Crippen LogP contribution in [0.25, 0.3) is 0 Å². The molecule has 3 N–H and O–H groups in total. The number of halogens is 1. The molecule has 3 nitrogen and oxygen atoms in total. The van der Waals surface area contributed by atoms with Crippen molar-refractivity contribution in [3.05, 3.63) is 0 Å². The van der Waals surface area contributed by atoms with Crippen molar-refractivity contribution in [1.82, 2.24) is 5.32 Å². The number of carbonyl (C=O) groups is 1. The third-order valence-corrected chi connectivity index (χ3v) is 1.81. The Balaban J connectivity index is 2.49. The molecule has 1 fully saturated rings.